The molecule has 1 aliphatic heterocycles. The molecular weight excluding hydrogens is 444 g/mol. The van der Waals surface area contributed by atoms with Crippen molar-refractivity contribution < 1.29 is 18.8 Å². The number of halogens is 1. The van der Waals surface area contributed by atoms with E-state index in [-0.39, 0.29) is 30.3 Å². The van der Waals surface area contributed by atoms with E-state index in [4.69, 9.17) is 20.9 Å². The fourth-order valence-corrected chi connectivity index (χ4v) is 4.85. The molecule has 2 aliphatic rings. The van der Waals surface area contributed by atoms with Crippen LogP contribution in [0.2, 0.25) is 5.02 Å². The van der Waals surface area contributed by atoms with Gasteiger partial charge in [0.05, 0.1) is 13.2 Å². The third-order valence-corrected chi connectivity index (χ3v) is 6.81. The maximum atomic E-state index is 13.4. The monoisotopic (exact) mass is 474 g/mol. The average molecular weight is 475 g/mol. The van der Waals surface area contributed by atoms with Crippen LogP contribution < -0.4 is 0 Å². The molecule has 33 heavy (non-hydrogen) atoms. The topological polar surface area (TPSA) is 88.8 Å². The van der Waals surface area contributed by atoms with Crippen molar-refractivity contribution in [2.45, 2.75) is 51.0 Å². The Bertz CT molecular complexity index is 942. The van der Waals surface area contributed by atoms with Gasteiger partial charge in [-0.2, -0.15) is 4.98 Å². The van der Waals surface area contributed by atoms with Crippen LogP contribution in [0.25, 0.3) is 11.4 Å². The first kappa shape index (κ1) is 23.7. The van der Waals surface area contributed by atoms with Gasteiger partial charge in [0.1, 0.15) is 6.04 Å². The van der Waals surface area contributed by atoms with Gasteiger partial charge in [-0.05, 0) is 56.4 Å². The molecule has 2 heterocycles. The number of carbonyl (C=O) groups is 2. The van der Waals surface area contributed by atoms with Gasteiger partial charge >= 0.3 is 0 Å². The number of piperidine rings is 1. The molecule has 1 aromatic heterocycles. The Kier molecular flexibility index (Phi) is 7.98. The summed E-state index contributed by atoms with van der Waals surface area (Å²) in [6.07, 6.45) is 6.59. The number of carbonyl (C=O) groups excluding carboxylic acids is 2. The summed E-state index contributed by atoms with van der Waals surface area (Å²) in [5.41, 5.74) is 0.802. The first-order chi connectivity index (χ1) is 16.1. The van der Waals surface area contributed by atoms with Crippen molar-refractivity contribution in [2.75, 3.05) is 33.4 Å². The van der Waals surface area contributed by atoms with Gasteiger partial charge in [0, 0.05) is 36.7 Å². The van der Waals surface area contributed by atoms with E-state index in [0.29, 0.717) is 36.4 Å². The van der Waals surface area contributed by atoms with Crippen LogP contribution in [0.4, 0.5) is 0 Å². The van der Waals surface area contributed by atoms with Crippen LogP contribution in [-0.4, -0.2) is 65.1 Å². The number of amides is 2. The number of methoxy groups -OCH3 is 1. The maximum absolute atomic E-state index is 13.4. The number of nitrogens with zero attached hydrogens (tertiary/aromatic N) is 4. The van der Waals surface area contributed by atoms with Crippen LogP contribution in [0.15, 0.2) is 28.8 Å². The first-order valence-electron chi connectivity index (χ1n) is 11.7. The van der Waals surface area contributed by atoms with Crippen LogP contribution in [0.5, 0.6) is 0 Å². The normalized spacial score (nSPS) is 19.1. The van der Waals surface area contributed by atoms with E-state index in [0.717, 1.165) is 50.5 Å². The third kappa shape index (κ3) is 5.73. The molecule has 1 atom stereocenters. The zero-order chi connectivity index (χ0) is 23.2. The molecule has 1 saturated heterocycles. The molecular formula is C24H31ClN4O4. The molecule has 1 aliphatic carbocycles. The Labute approximate surface area is 199 Å². The van der Waals surface area contributed by atoms with Gasteiger partial charge in [0.2, 0.25) is 23.5 Å². The number of aromatic nitrogens is 2. The Morgan fingerprint density at radius 1 is 1.15 bits per heavy atom. The van der Waals surface area contributed by atoms with E-state index >= 15 is 0 Å². The number of likely N-dealkylation sites (tertiary alicyclic amines) is 1. The van der Waals surface area contributed by atoms with Crippen LogP contribution in [0.1, 0.15) is 56.9 Å². The summed E-state index contributed by atoms with van der Waals surface area (Å²) in [6, 6.07) is 6.94. The molecule has 1 aromatic carbocycles. The van der Waals surface area contributed by atoms with Crippen molar-refractivity contribution in [3.8, 4) is 11.4 Å². The van der Waals surface area contributed by atoms with Gasteiger partial charge in [-0.3, -0.25) is 9.59 Å². The predicted octanol–water partition coefficient (Wildman–Crippen LogP) is 4.11. The summed E-state index contributed by atoms with van der Waals surface area (Å²) in [5, 5.41) is 4.75. The van der Waals surface area contributed by atoms with Crippen LogP contribution in [0, 0.1) is 5.92 Å². The van der Waals surface area contributed by atoms with E-state index in [2.05, 4.69) is 10.1 Å². The molecule has 1 unspecified atom stereocenters. The third-order valence-electron chi connectivity index (χ3n) is 6.56. The minimum Gasteiger partial charge on any atom is -0.383 e. The zero-order valence-corrected chi connectivity index (χ0v) is 19.8. The van der Waals surface area contributed by atoms with Gasteiger partial charge in [0.25, 0.3) is 0 Å². The van der Waals surface area contributed by atoms with Gasteiger partial charge < -0.3 is 19.1 Å². The van der Waals surface area contributed by atoms with Crippen LogP contribution in [0.3, 0.4) is 0 Å². The molecule has 4 rings (SSSR count). The molecule has 0 spiro atoms. The summed E-state index contributed by atoms with van der Waals surface area (Å²) in [5.74, 6) is 0.892. The largest absolute Gasteiger partial charge is 0.383 e. The lowest BCUT2D eigenvalue weighted by atomic mass is 10.0. The number of rotatable bonds is 8. The second kappa shape index (κ2) is 11.1. The van der Waals surface area contributed by atoms with Crippen molar-refractivity contribution in [1.82, 2.24) is 19.9 Å². The van der Waals surface area contributed by atoms with Crippen LogP contribution in [-0.2, 0) is 14.3 Å². The van der Waals surface area contributed by atoms with E-state index in [9.17, 15) is 9.59 Å². The highest BCUT2D eigenvalue weighted by atomic mass is 35.5. The van der Waals surface area contributed by atoms with E-state index < -0.39 is 0 Å². The number of ether oxygens (including phenoxy) is 1. The standard InChI is InChI=1S/C24H31ClN4O4/c1-32-15-14-28(24(31)18-6-2-3-7-18)16-21(30)29-13-5-4-8-20(29)23-26-22(27-33-23)17-9-11-19(25)12-10-17/h9-12,18,20H,2-8,13-16H2,1H3. The average Bonchev–Trinajstić information content (AvgIpc) is 3.54. The molecule has 0 radical (unpaired) electrons. The maximum Gasteiger partial charge on any atom is 0.249 e. The van der Waals surface area contributed by atoms with Crippen molar-refractivity contribution in [3.05, 3.63) is 35.2 Å². The van der Waals surface area contributed by atoms with E-state index in [1.54, 1.807) is 29.0 Å². The minimum absolute atomic E-state index is 0.0182. The molecule has 0 N–H and O–H groups in total. The second-order valence-corrected chi connectivity index (χ2v) is 9.23. The van der Waals surface area contributed by atoms with Crippen molar-refractivity contribution in [2.24, 2.45) is 5.92 Å². The molecule has 0 bridgehead atoms. The van der Waals surface area contributed by atoms with E-state index in [1.807, 2.05) is 12.1 Å². The SMILES string of the molecule is COCCN(CC(=O)N1CCCCC1c1nc(-c2ccc(Cl)cc2)no1)C(=O)C1CCCC1. The summed E-state index contributed by atoms with van der Waals surface area (Å²) >= 11 is 5.97. The lowest BCUT2D eigenvalue weighted by Crippen LogP contribution is -2.48. The smallest absolute Gasteiger partial charge is 0.249 e. The Balaban J connectivity index is 1.48. The minimum atomic E-state index is -0.286. The van der Waals surface area contributed by atoms with Gasteiger partial charge in [0.15, 0.2) is 0 Å². The fourth-order valence-electron chi connectivity index (χ4n) is 4.73. The molecule has 178 valence electrons. The Morgan fingerprint density at radius 2 is 1.88 bits per heavy atom. The Morgan fingerprint density at radius 3 is 2.61 bits per heavy atom. The molecule has 1 saturated carbocycles. The van der Waals surface area contributed by atoms with Crippen LogP contribution >= 0.6 is 11.6 Å². The quantitative estimate of drug-likeness (QED) is 0.572. The lowest BCUT2D eigenvalue weighted by molar-refractivity contribution is -0.145. The number of hydrogen-bond acceptors (Lipinski definition) is 6. The predicted molar refractivity (Wildman–Crippen MR) is 123 cm³/mol. The van der Waals surface area contributed by atoms with E-state index in [1.165, 1.54) is 0 Å². The summed E-state index contributed by atoms with van der Waals surface area (Å²) < 4.78 is 10.8. The van der Waals surface area contributed by atoms with Crippen molar-refractivity contribution >= 4 is 23.4 Å². The highest BCUT2D eigenvalue weighted by molar-refractivity contribution is 6.30. The second-order valence-electron chi connectivity index (χ2n) is 8.80. The summed E-state index contributed by atoms with van der Waals surface area (Å²) in [7, 11) is 1.61. The van der Waals surface area contributed by atoms with Crippen molar-refractivity contribution in [1.29, 1.82) is 0 Å². The van der Waals surface area contributed by atoms with Gasteiger partial charge in [-0.15, -0.1) is 0 Å². The Hall–Kier alpha value is -2.45. The highest BCUT2D eigenvalue weighted by Crippen LogP contribution is 2.32. The zero-order valence-electron chi connectivity index (χ0n) is 19.0. The molecule has 8 nitrogen and oxygen atoms in total. The number of benzene rings is 1. The molecule has 2 amide bonds. The fraction of sp³-hybridized carbons (Fsp3) is 0.583. The lowest BCUT2D eigenvalue weighted by Gasteiger charge is -2.35. The first-order valence-corrected chi connectivity index (χ1v) is 12.1. The highest BCUT2D eigenvalue weighted by Gasteiger charge is 2.35. The summed E-state index contributed by atoms with van der Waals surface area (Å²) in [4.78, 5) is 34.5. The summed E-state index contributed by atoms with van der Waals surface area (Å²) in [6.45, 7) is 1.48. The number of hydrogen-bond donors (Lipinski definition) is 0. The molecule has 2 aromatic rings. The molecule has 9 heteroatoms. The molecule has 2 fully saturated rings. The van der Waals surface area contributed by atoms with Gasteiger partial charge in [-0.1, -0.05) is 29.6 Å². The van der Waals surface area contributed by atoms with Gasteiger partial charge in [-0.25, -0.2) is 0 Å². The van der Waals surface area contributed by atoms with Crippen molar-refractivity contribution in [3.63, 3.8) is 0 Å².